The Hall–Kier alpha value is -2.43. The number of nitrogens with one attached hydrogen (secondary N) is 1. The van der Waals surface area contributed by atoms with Gasteiger partial charge < -0.3 is 10.2 Å². The lowest BCUT2D eigenvalue weighted by Gasteiger charge is -2.32. The lowest BCUT2D eigenvalue weighted by atomic mass is 9.91. The lowest BCUT2D eigenvalue weighted by Crippen LogP contribution is -2.44. The van der Waals surface area contributed by atoms with E-state index in [1.807, 2.05) is 23.4 Å². The van der Waals surface area contributed by atoms with Gasteiger partial charge in [0.1, 0.15) is 0 Å². The van der Waals surface area contributed by atoms with E-state index in [9.17, 15) is 4.79 Å². The molecule has 142 valence electrons. The molecule has 5 heteroatoms. The standard InChI is InChI=1S/C22H28N4O/c27-22(24-16-20-8-7-19-5-1-2-6-21(19)25-20)26-12-9-17(10-13-26)14-18-4-3-11-23-15-18/h3-4,7-8,11,15,17H,1-2,5-6,9-10,12-14,16H2,(H,24,27). The molecule has 3 heterocycles. The number of pyridine rings is 2. The second kappa shape index (κ2) is 8.51. The van der Waals surface area contributed by atoms with Crippen molar-refractivity contribution in [2.75, 3.05) is 13.1 Å². The van der Waals surface area contributed by atoms with Crippen LogP contribution in [0.2, 0.25) is 0 Å². The molecule has 0 radical (unpaired) electrons. The molecule has 2 aromatic rings. The van der Waals surface area contributed by atoms with Gasteiger partial charge in [-0.2, -0.15) is 0 Å². The summed E-state index contributed by atoms with van der Waals surface area (Å²) in [7, 11) is 0. The highest BCUT2D eigenvalue weighted by molar-refractivity contribution is 5.74. The van der Waals surface area contributed by atoms with Gasteiger partial charge in [0.2, 0.25) is 0 Å². The largest absolute Gasteiger partial charge is 0.332 e. The van der Waals surface area contributed by atoms with E-state index in [1.165, 1.54) is 29.7 Å². The van der Waals surface area contributed by atoms with Gasteiger partial charge in [-0.3, -0.25) is 9.97 Å². The average Bonchev–Trinajstić information content (AvgIpc) is 2.73. The van der Waals surface area contributed by atoms with Crippen molar-refractivity contribution in [1.29, 1.82) is 0 Å². The number of aromatic nitrogens is 2. The summed E-state index contributed by atoms with van der Waals surface area (Å²) in [5.74, 6) is 0.639. The van der Waals surface area contributed by atoms with Crippen LogP contribution < -0.4 is 5.32 Å². The second-order valence-corrected chi connectivity index (χ2v) is 7.77. The molecule has 0 aromatic carbocycles. The molecule has 0 unspecified atom stereocenters. The topological polar surface area (TPSA) is 58.1 Å². The highest BCUT2D eigenvalue weighted by Gasteiger charge is 2.23. The molecular weight excluding hydrogens is 336 g/mol. The summed E-state index contributed by atoms with van der Waals surface area (Å²) in [6, 6.07) is 8.41. The predicted octanol–water partition coefficient (Wildman–Crippen LogP) is 3.52. The van der Waals surface area contributed by atoms with Gasteiger partial charge in [0, 0.05) is 31.2 Å². The second-order valence-electron chi connectivity index (χ2n) is 7.77. The third kappa shape index (κ3) is 4.65. The molecule has 0 atom stereocenters. The van der Waals surface area contributed by atoms with E-state index in [2.05, 4.69) is 28.5 Å². The Kier molecular flexibility index (Phi) is 5.66. The first kappa shape index (κ1) is 18.0. The fourth-order valence-corrected chi connectivity index (χ4v) is 4.20. The molecule has 1 saturated heterocycles. The molecule has 27 heavy (non-hydrogen) atoms. The number of fused-ring (bicyclic) bond motifs is 1. The number of urea groups is 1. The first-order valence-corrected chi connectivity index (χ1v) is 10.2. The van der Waals surface area contributed by atoms with E-state index in [-0.39, 0.29) is 6.03 Å². The Bertz CT molecular complexity index is 769. The molecule has 0 spiro atoms. The number of rotatable bonds is 4. The zero-order valence-electron chi connectivity index (χ0n) is 15.9. The SMILES string of the molecule is O=C(NCc1ccc2c(n1)CCCC2)N1CCC(Cc2cccnc2)CC1. The molecule has 2 amide bonds. The molecule has 0 bridgehead atoms. The van der Waals surface area contributed by atoms with Gasteiger partial charge in [0.15, 0.2) is 0 Å². The van der Waals surface area contributed by atoms with Gasteiger partial charge in [-0.05, 0) is 74.1 Å². The maximum Gasteiger partial charge on any atom is 0.317 e. The highest BCUT2D eigenvalue weighted by atomic mass is 16.2. The van der Waals surface area contributed by atoms with Crippen molar-refractivity contribution in [1.82, 2.24) is 20.2 Å². The number of carbonyl (C=O) groups is 1. The molecule has 1 aliphatic heterocycles. The van der Waals surface area contributed by atoms with Crippen LogP contribution in [-0.2, 0) is 25.8 Å². The van der Waals surface area contributed by atoms with Crippen LogP contribution >= 0.6 is 0 Å². The molecule has 0 saturated carbocycles. The third-order valence-electron chi connectivity index (χ3n) is 5.81. The van der Waals surface area contributed by atoms with Gasteiger partial charge in [-0.25, -0.2) is 4.79 Å². The van der Waals surface area contributed by atoms with Crippen molar-refractivity contribution in [3.05, 3.63) is 59.2 Å². The number of aryl methyl sites for hydroxylation is 2. The minimum atomic E-state index is 0.0364. The molecule has 2 aliphatic rings. The van der Waals surface area contributed by atoms with Crippen LogP contribution in [0.1, 0.15) is 48.2 Å². The molecule has 2 aromatic heterocycles. The van der Waals surface area contributed by atoms with Gasteiger partial charge in [-0.1, -0.05) is 12.1 Å². The first-order valence-electron chi connectivity index (χ1n) is 10.2. The van der Waals surface area contributed by atoms with Crippen molar-refractivity contribution < 1.29 is 4.79 Å². The fourth-order valence-electron chi connectivity index (χ4n) is 4.20. The van der Waals surface area contributed by atoms with E-state index < -0.39 is 0 Å². The Morgan fingerprint density at radius 1 is 1.15 bits per heavy atom. The van der Waals surface area contributed by atoms with E-state index in [4.69, 9.17) is 4.98 Å². The monoisotopic (exact) mass is 364 g/mol. The molecule has 1 N–H and O–H groups in total. The van der Waals surface area contributed by atoms with Crippen molar-refractivity contribution in [3.8, 4) is 0 Å². The zero-order chi connectivity index (χ0) is 18.5. The summed E-state index contributed by atoms with van der Waals surface area (Å²) in [6.45, 7) is 2.17. The molecular formula is C22H28N4O. The number of hydrogen-bond donors (Lipinski definition) is 1. The smallest absolute Gasteiger partial charge is 0.317 e. The van der Waals surface area contributed by atoms with E-state index in [0.717, 1.165) is 50.9 Å². The van der Waals surface area contributed by atoms with Crippen molar-refractivity contribution in [2.45, 2.75) is 51.5 Å². The van der Waals surface area contributed by atoms with Crippen LogP contribution in [-0.4, -0.2) is 34.0 Å². The van der Waals surface area contributed by atoms with Crippen molar-refractivity contribution in [3.63, 3.8) is 0 Å². The van der Waals surface area contributed by atoms with Crippen LogP contribution in [0, 0.1) is 5.92 Å². The van der Waals surface area contributed by atoms with Gasteiger partial charge in [-0.15, -0.1) is 0 Å². The quantitative estimate of drug-likeness (QED) is 0.903. The number of amides is 2. The van der Waals surface area contributed by atoms with Gasteiger partial charge in [0.05, 0.1) is 12.2 Å². The number of hydrogen-bond acceptors (Lipinski definition) is 3. The van der Waals surface area contributed by atoms with E-state index in [1.54, 1.807) is 0 Å². The average molecular weight is 364 g/mol. The predicted molar refractivity (Wildman–Crippen MR) is 105 cm³/mol. The summed E-state index contributed by atoms with van der Waals surface area (Å²) in [4.78, 5) is 23.4. The molecule has 1 aliphatic carbocycles. The van der Waals surface area contributed by atoms with E-state index in [0.29, 0.717) is 12.5 Å². The number of nitrogens with zero attached hydrogens (tertiary/aromatic N) is 3. The summed E-state index contributed by atoms with van der Waals surface area (Å²) in [5, 5.41) is 3.05. The molecule has 1 fully saturated rings. The minimum absolute atomic E-state index is 0.0364. The first-order chi connectivity index (χ1) is 13.3. The number of likely N-dealkylation sites (tertiary alicyclic amines) is 1. The maximum atomic E-state index is 12.5. The van der Waals surface area contributed by atoms with Crippen LogP contribution in [0.15, 0.2) is 36.7 Å². The number of piperidine rings is 1. The summed E-state index contributed by atoms with van der Waals surface area (Å²) in [6.07, 6.45) is 11.6. The molecule has 5 nitrogen and oxygen atoms in total. The van der Waals surface area contributed by atoms with Crippen molar-refractivity contribution >= 4 is 6.03 Å². The molecule has 4 rings (SSSR count). The van der Waals surface area contributed by atoms with Gasteiger partial charge >= 0.3 is 6.03 Å². The van der Waals surface area contributed by atoms with Gasteiger partial charge in [0.25, 0.3) is 0 Å². The lowest BCUT2D eigenvalue weighted by molar-refractivity contribution is 0.170. The maximum absolute atomic E-state index is 12.5. The minimum Gasteiger partial charge on any atom is -0.332 e. The third-order valence-corrected chi connectivity index (χ3v) is 5.81. The Morgan fingerprint density at radius 3 is 2.81 bits per heavy atom. The van der Waals surface area contributed by atoms with Crippen LogP contribution in [0.25, 0.3) is 0 Å². The van der Waals surface area contributed by atoms with Crippen LogP contribution in [0.5, 0.6) is 0 Å². The fraction of sp³-hybridized carbons (Fsp3) is 0.500. The van der Waals surface area contributed by atoms with Crippen molar-refractivity contribution in [2.24, 2.45) is 5.92 Å². The highest BCUT2D eigenvalue weighted by Crippen LogP contribution is 2.22. The zero-order valence-corrected chi connectivity index (χ0v) is 15.9. The summed E-state index contributed by atoms with van der Waals surface area (Å²) >= 11 is 0. The number of carbonyl (C=O) groups excluding carboxylic acids is 1. The van der Waals surface area contributed by atoms with Crippen LogP contribution in [0.3, 0.4) is 0 Å². The normalized spacial score (nSPS) is 17.4. The Morgan fingerprint density at radius 2 is 2.00 bits per heavy atom. The van der Waals surface area contributed by atoms with Crippen LogP contribution in [0.4, 0.5) is 4.79 Å². The summed E-state index contributed by atoms with van der Waals surface area (Å²) in [5.41, 5.74) is 4.87. The Labute approximate surface area is 161 Å². The Balaban J connectivity index is 1.24. The summed E-state index contributed by atoms with van der Waals surface area (Å²) < 4.78 is 0. The van der Waals surface area contributed by atoms with E-state index >= 15 is 0 Å².